The molecule has 0 aromatic heterocycles. The standard InChI is InChI=1S/C41H81N2O6P/c1-6-8-10-12-14-16-17-18-19-20-21-22-23-24-25-26-27-29-31-33-35-41(45)42-39(38-49-50(46,47)48-37-36-43(3,4)5)40(44)34-32-30-28-15-13-11-9-7-2/h13,15,32,34,39-40,44H,6-12,14,16-31,33,35-38H2,1-5H3,(H-,42,45,46,47)/p+1/b15-13+,34-32+. The van der Waals surface area contributed by atoms with Crippen molar-refractivity contribution in [3.63, 3.8) is 0 Å². The highest BCUT2D eigenvalue weighted by Gasteiger charge is 2.27. The molecule has 3 atom stereocenters. The number of allylic oxidation sites excluding steroid dienone is 3. The Morgan fingerprint density at radius 1 is 0.660 bits per heavy atom. The molecule has 0 aliphatic heterocycles. The molecule has 3 unspecified atom stereocenters. The number of phosphoric ester groups is 1. The van der Waals surface area contributed by atoms with Crippen molar-refractivity contribution in [2.24, 2.45) is 0 Å². The lowest BCUT2D eigenvalue weighted by molar-refractivity contribution is -0.870. The van der Waals surface area contributed by atoms with Gasteiger partial charge in [0.15, 0.2) is 0 Å². The SMILES string of the molecule is CCCC/C=C/CC/C=C/C(O)C(COP(=O)(O)OCC[N+](C)(C)C)NC(=O)CCCCCCCCCCCCCCCCCCCCCC. The number of hydrogen-bond donors (Lipinski definition) is 3. The number of carbonyl (C=O) groups is 1. The summed E-state index contributed by atoms with van der Waals surface area (Å²) in [5, 5.41) is 13.7. The zero-order valence-corrected chi connectivity index (χ0v) is 34.3. The van der Waals surface area contributed by atoms with Gasteiger partial charge < -0.3 is 19.8 Å². The molecule has 50 heavy (non-hydrogen) atoms. The molecule has 3 N–H and O–H groups in total. The Morgan fingerprint density at radius 2 is 1.10 bits per heavy atom. The monoisotopic (exact) mass is 730 g/mol. The van der Waals surface area contributed by atoms with E-state index in [-0.39, 0.29) is 19.1 Å². The van der Waals surface area contributed by atoms with Gasteiger partial charge in [-0.05, 0) is 25.7 Å². The van der Waals surface area contributed by atoms with Gasteiger partial charge in [-0.3, -0.25) is 13.8 Å². The molecule has 0 saturated heterocycles. The first-order valence-electron chi connectivity index (χ1n) is 20.7. The third kappa shape index (κ3) is 35.4. The van der Waals surface area contributed by atoms with Crippen LogP contribution in [0.3, 0.4) is 0 Å². The molecule has 0 heterocycles. The minimum absolute atomic E-state index is 0.0575. The van der Waals surface area contributed by atoms with Gasteiger partial charge in [0.25, 0.3) is 0 Å². The summed E-state index contributed by atoms with van der Waals surface area (Å²) in [5.41, 5.74) is 0. The fourth-order valence-corrected chi connectivity index (χ4v) is 6.54. The highest BCUT2D eigenvalue weighted by Crippen LogP contribution is 2.43. The van der Waals surface area contributed by atoms with E-state index in [1.54, 1.807) is 6.08 Å². The second-order valence-corrected chi connectivity index (χ2v) is 16.8. The van der Waals surface area contributed by atoms with E-state index in [1.165, 1.54) is 122 Å². The maximum Gasteiger partial charge on any atom is 0.472 e. The summed E-state index contributed by atoms with van der Waals surface area (Å²) >= 11 is 0. The third-order valence-electron chi connectivity index (χ3n) is 9.17. The molecule has 296 valence electrons. The predicted octanol–water partition coefficient (Wildman–Crippen LogP) is 11.0. The number of aliphatic hydroxyl groups is 1. The molecule has 0 aromatic carbocycles. The molecule has 0 aromatic rings. The van der Waals surface area contributed by atoms with Crippen molar-refractivity contribution in [1.82, 2.24) is 5.32 Å². The smallest absolute Gasteiger partial charge is 0.387 e. The van der Waals surface area contributed by atoms with Crippen molar-refractivity contribution in [3.05, 3.63) is 24.3 Å². The van der Waals surface area contributed by atoms with Crippen LogP contribution in [0.25, 0.3) is 0 Å². The van der Waals surface area contributed by atoms with Gasteiger partial charge in [-0.1, -0.05) is 173 Å². The normalized spacial score (nSPS) is 14.8. The first-order valence-corrected chi connectivity index (χ1v) is 22.2. The fourth-order valence-electron chi connectivity index (χ4n) is 5.81. The molecule has 0 aliphatic carbocycles. The number of rotatable bonds is 37. The van der Waals surface area contributed by atoms with Gasteiger partial charge in [0.2, 0.25) is 5.91 Å². The van der Waals surface area contributed by atoms with Crippen molar-refractivity contribution in [2.75, 3.05) is 40.9 Å². The number of hydrogen-bond acceptors (Lipinski definition) is 5. The largest absolute Gasteiger partial charge is 0.472 e. The molecular formula is C41H82N2O6P+. The van der Waals surface area contributed by atoms with Crippen molar-refractivity contribution in [3.8, 4) is 0 Å². The number of nitrogens with zero attached hydrogens (tertiary/aromatic N) is 1. The predicted molar refractivity (Wildman–Crippen MR) is 212 cm³/mol. The summed E-state index contributed by atoms with van der Waals surface area (Å²) in [6.07, 6.45) is 38.4. The highest BCUT2D eigenvalue weighted by atomic mass is 31.2. The Kier molecular flexibility index (Phi) is 33.1. The van der Waals surface area contributed by atoms with E-state index in [2.05, 4.69) is 31.3 Å². The topological polar surface area (TPSA) is 105 Å². The number of phosphoric acid groups is 1. The summed E-state index contributed by atoms with van der Waals surface area (Å²) in [6, 6.07) is -0.855. The van der Waals surface area contributed by atoms with Crippen LogP contribution in [0, 0.1) is 0 Å². The van der Waals surface area contributed by atoms with Gasteiger partial charge in [-0.2, -0.15) is 0 Å². The van der Waals surface area contributed by atoms with E-state index >= 15 is 0 Å². The molecule has 0 aliphatic rings. The Hall–Kier alpha value is -1.02. The van der Waals surface area contributed by atoms with Crippen LogP contribution in [0.2, 0.25) is 0 Å². The number of aliphatic hydroxyl groups excluding tert-OH is 1. The minimum Gasteiger partial charge on any atom is -0.387 e. The van der Waals surface area contributed by atoms with Gasteiger partial charge >= 0.3 is 7.82 Å². The molecule has 0 fully saturated rings. The lowest BCUT2D eigenvalue weighted by Gasteiger charge is -2.25. The van der Waals surface area contributed by atoms with Crippen LogP contribution >= 0.6 is 7.82 Å². The lowest BCUT2D eigenvalue weighted by Crippen LogP contribution is -2.45. The zero-order chi connectivity index (χ0) is 37.2. The van der Waals surface area contributed by atoms with Crippen LogP contribution in [-0.2, 0) is 18.4 Å². The molecule has 8 nitrogen and oxygen atoms in total. The van der Waals surface area contributed by atoms with E-state index in [0.29, 0.717) is 17.4 Å². The first kappa shape index (κ1) is 49.0. The molecule has 0 rings (SSSR count). The Morgan fingerprint density at radius 3 is 1.58 bits per heavy atom. The quantitative estimate of drug-likeness (QED) is 0.0254. The third-order valence-corrected chi connectivity index (χ3v) is 10.2. The molecule has 0 spiro atoms. The zero-order valence-electron chi connectivity index (χ0n) is 33.4. The van der Waals surface area contributed by atoms with Crippen LogP contribution in [0.1, 0.15) is 181 Å². The van der Waals surface area contributed by atoms with Crippen LogP contribution < -0.4 is 5.32 Å². The van der Waals surface area contributed by atoms with Crippen molar-refractivity contribution >= 4 is 13.7 Å². The fraction of sp³-hybridized carbons (Fsp3) is 0.878. The van der Waals surface area contributed by atoms with Gasteiger partial charge in [0.1, 0.15) is 13.2 Å². The molecule has 9 heteroatoms. The van der Waals surface area contributed by atoms with E-state index in [4.69, 9.17) is 9.05 Å². The number of quaternary nitrogens is 1. The summed E-state index contributed by atoms with van der Waals surface area (Å²) in [6.45, 7) is 4.72. The van der Waals surface area contributed by atoms with E-state index < -0.39 is 20.0 Å². The van der Waals surface area contributed by atoms with Gasteiger partial charge in [0.05, 0.1) is 39.9 Å². The molecule has 0 radical (unpaired) electrons. The summed E-state index contributed by atoms with van der Waals surface area (Å²) in [5.74, 6) is -0.189. The molecule has 0 saturated carbocycles. The van der Waals surface area contributed by atoms with Gasteiger partial charge in [-0.15, -0.1) is 0 Å². The first-order chi connectivity index (χ1) is 24.0. The Bertz CT molecular complexity index is 876. The second-order valence-electron chi connectivity index (χ2n) is 15.4. The van der Waals surface area contributed by atoms with Crippen molar-refractivity contribution in [2.45, 2.75) is 193 Å². The minimum atomic E-state index is -4.33. The molecule has 1 amide bonds. The van der Waals surface area contributed by atoms with Crippen molar-refractivity contribution in [1.29, 1.82) is 0 Å². The summed E-state index contributed by atoms with van der Waals surface area (Å²) in [4.78, 5) is 23.0. The Labute approximate surface area is 309 Å². The average Bonchev–Trinajstić information content (AvgIpc) is 3.06. The van der Waals surface area contributed by atoms with Crippen LogP contribution in [0.15, 0.2) is 24.3 Å². The maximum atomic E-state index is 12.8. The number of likely N-dealkylation sites (N-methyl/N-ethyl adjacent to an activating group) is 1. The van der Waals surface area contributed by atoms with Crippen LogP contribution in [0.4, 0.5) is 0 Å². The highest BCUT2D eigenvalue weighted by molar-refractivity contribution is 7.47. The number of amides is 1. The lowest BCUT2D eigenvalue weighted by atomic mass is 10.0. The van der Waals surface area contributed by atoms with Crippen LogP contribution in [-0.4, -0.2) is 73.4 Å². The number of carbonyl (C=O) groups excluding carboxylic acids is 1. The number of unbranched alkanes of at least 4 members (excludes halogenated alkanes) is 22. The Balaban J connectivity index is 4.25. The number of nitrogens with one attached hydrogen (secondary N) is 1. The van der Waals surface area contributed by atoms with E-state index in [1.807, 2.05) is 27.2 Å². The van der Waals surface area contributed by atoms with Gasteiger partial charge in [0, 0.05) is 6.42 Å². The van der Waals surface area contributed by atoms with Crippen LogP contribution in [0.5, 0.6) is 0 Å². The second kappa shape index (κ2) is 33.8. The summed E-state index contributed by atoms with van der Waals surface area (Å²) < 4.78 is 23.4. The van der Waals surface area contributed by atoms with Crippen molar-refractivity contribution < 1.29 is 32.9 Å². The van der Waals surface area contributed by atoms with E-state index in [9.17, 15) is 19.4 Å². The van der Waals surface area contributed by atoms with Gasteiger partial charge in [-0.25, -0.2) is 4.57 Å². The maximum absolute atomic E-state index is 12.8. The molecule has 0 bridgehead atoms. The molecular weight excluding hydrogens is 647 g/mol. The average molecular weight is 730 g/mol. The summed E-state index contributed by atoms with van der Waals surface area (Å²) in [7, 11) is 1.55. The van der Waals surface area contributed by atoms with E-state index in [0.717, 1.165) is 38.5 Å².